The van der Waals surface area contributed by atoms with E-state index >= 15 is 0 Å². The van der Waals surface area contributed by atoms with E-state index in [1.807, 2.05) is 0 Å². The second-order valence-corrected chi connectivity index (χ2v) is 5.24. The molecule has 1 N–H and O–H groups in total. The summed E-state index contributed by atoms with van der Waals surface area (Å²) in [4.78, 5) is 0. The number of nitrogens with one attached hydrogen (secondary N) is 1. The lowest BCUT2D eigenvalue weighted by Crippen LogP contribution is -2.21. The van der Waals surface area contributed by atoms with E-state index in [4.69, 9.17) is 0 Å². The van der Waals surface area contributed by atoms with Crippen molar-refractivity contribution in [2.75, 3.05) is 7.05 Å². The molecule has 0 aliphatic carbocycles. The summed E-state index contributed by atoms with van der Waals surface area (Å²) in [5.41, 5.74) is 0.305. The molecular formula is C15H13BrF3N. The third-order valence-corrected chi connectivity index (χ3v) is 3.86. The Morgan fingerprint density at radius 3 is 2.10 bits per heavy atom. The second-order valence-electron chi connectivity index (χ2n) is 4.38. The Morgan fingerprint density at radius 1 is 1.00 bits per heavy atom. The zero-order valence-electron chi connectivity index (χ0n) is 10.8. The molecule has 2 rings (SSSR count). The number of halogens is 4. The molecule has 1 unspecified atom stereocenters. The molecule has 0 aliphatic rings. The summed E-state index contributed by atoms with van der Waals surface area (Å²) in [5.74, 6) is -1.68. The normalized spacial score (nSPS) is 12.4. The van der Waals surface area contributed by atoms with Crippen molar-refractivity contribution in [3.05, 3.63) is 69.4 Å². The molecule has 0 saturated heterocycles. The van der Waals surface area contributed by atoms with E-state index in [2.05, 4.69) is 21.2 Å². The Hall–Kier alpha value is -1.33. The van der Waals surface area contributed by atoms with Crippen LogP contribution in [0.4, 0.5) is 13.2 Å². The Balaban J connectivity index is 2.39. The van der Waals surface area contributed by atoms with E-state index in [1.165, 1.54) is 24.3 Å². The molecule has 0 heterocycles. The van der Waals surface area contributed by atoms with Gasteiger partial charge in [-0.25, -0.2) is 13.2 Å². The minimum atomic E-state index is -0.627. The first-order valence-electron chi connectivity index (χ1n) is 6.08. The van der Waals surface area contributed by atoms with Crippen molar-refractivity contribution in [2.45, 2.75) is 12.5 Å². The molecule has 0 spiro atoms. The van der Waals surface area contributed by atoms with Gasteiger partial charge in [0.25, 0.3) is 0 Å². The molecule has 20 heavy (non-hydrogen) atoms. The quantitative estimate of drug-likeness (QED) is 0.869. The minimum Gasteiger partial charge on any atom is -0.313 e. The van der Waals surface area contributed by atoms with Crippen LogP contribution in [0.5, 0.6) is 0 Å². The zero-order valence-corrected chi connectivity index (χ0v) is 12.3. The largest absolute Gasteiger partial charge is 0.313 e. The average Bonchev–Trinajstić information content (AvgIpc) is 2.40. The fraction of sp³-hybridized carbons (Fsp3) is 0.200. The summed E-state index contributed by atoms with van der Waals surface area (Å²) in [6.07, 6.45) is 0.0224. The van der Waals surface area contributed by atoms with E-state index in [-0.39, 0.29) is 12.0 Å². The van der Waals surface area contributed by atoms with Crippen molar-refractivity contribution >= 4 is 15.9 Å². The monoisotopic (exact) mass is 343 g/mol. The fourth-order valence-corrected chi connectivity index (χ4v) is 2.74. The predicted octanol–water partition coefficient (Wildman–Crippen LogP) is 4.37. The van der Waals surface area contributed by atoms with Crippen molar-refractivity contribution in [3.63, 3.8) is 0 Å². The van der Waals surface area contributed by atoms with Crippen LogP contribution in [0.15, 0.2) is 40.9 Å². The van der Waals surface area contributed by atoms with Gasteiger partial charge in [0.05, 0.1) is 0 Å². The maximum Gasteiger partial charge on any atom is 0.129 e. The van der Waals surface area contributed by atoms with Crippen LogP contribution in [0.25, 0.3) is 0 Å². The molecule has 0 saturated carbocycles. The molecule has 0 amide bonds. The van der Waals surface area contributed by atoms with Gasteiger partial charge in [-0.2, -0.15) is 0 Å². The number of rotatable bonds is 4. The van der Waals surface area contributed by atoms with E-state index in [1.54, 1.807) is 19.2 Å². The molecule has 0 bridgehead atoms. The van der Waals surface area contributed by atoms with E-state index in [9.17, 15) is 13.2 Å². The van der Waals surface area contributed by atoms with E-state index in [0.717, 1.165) is 0 Å². The molecule has 5 heteroatoms. The van der Waals surface area contributed by atoms with Crippen LogP contribution in [-0.4, -0.2) is 7.05 Å². The highest BCUT2D eigenvalue weighted by molar-refractivity contribution is 9.10. The number of benzene rings is 2. The molecule has 2 aromatic carbocycles. The summed E-state index contributed by atoms with van der Waals surface area (Å²) in [7, 11) is 1.63. The van der Waals surface area contributed by atoms with Crippen LogP contribution >= 0.6 is 15.9 Å². The molecule has 0 aromatic heterocycles. The number of hydrogen-bond acceptors (Lipinski definition) is 1. The lowest BCUT2D eigenvalue weighted by Gasteiger charge is -2.19. The van der Waals surface area contributed by atoms with Crippen LogP contribution in [0.3, 0.4) is 0 Å². The summed E-state index contributed by atoms with van der Waals surface area (Å²) in [6, 6.07) is 7.75. The molecule has 1 nitrogen and oxygen atoms in total. The highest BCUT2D eigenvalue weighted by atomic mass is 79.9. The number of hydrogen-bond donors (Lipinski definition) is 1. The van der Waals surface area contributed by atoms with Gasteiger partial charge in [0.1, 0.15) is 17.5 Å². The number of likely N-dealkylation sites (N-methyl/N-ethyl adjacent to an activating group) is 1. The second kappa shape index (κ2) is 6.41. The lowest BCUT2D eigenvalue weighted by molar-refractivity contribution is 0.495. The van der Waals surface area contributed by atoms with E-state index in [0.29, 0.717) is 10.0 Å². The minimum absolute atomic E-state index is 0.0224. The van der Waals surface area contributed by atoms with Crippen molar-refractivity contribution in [1.82, 2.24) is 5.32 Å². The van der Waals surface area contributed by atoms with Crippen LogP contribution in [-0.2, 0) is 6.42 Å². The van der Waals surface area contributed by atoms with Gasteiger partial charge in [0.2, 0.25) is 0 Å². The topological polar surface area (TPSA) is 12.0 Å². The standard InChI is InChI=1S/C15H13BrF3N/c1-20-14(15-10(16)4-2-7-13(15)19)8-9-11(17)5-3-6-12(9)18/h2-7,14,20H,8H2,1H3. The highest BCUT2D eigenvalue weighted by Crippen LogP contribution is 2.29. The summed E-state index contributed by atoms with van der Waals surface area (Å²) in [6.45, 7) is 0. The van der Waals surface area contributed by atoms with Gasteiger partial charge in [0.15, 0.2) is 0 Å². The maximum atomic E-state index is 13.9. The van der Waals surface area contributed by atoms with Gasteiger partial charge in [-0.3, -0.25) is 0 Å². The Morgan fingerprint density at radius 2 is 1.55 bits per heavy atom. The van der Waals surface area contributed by atoms with Gasteiger partial charge in [-0.15, -0.1) is 0 Å². The summed E-state index contributed by atoms with van der Waals surface area (Å²) < 4.78 is 41.9. The van der Waals surface area contributed by atoms with Gasteiger partial charge in [-0.05, 0) is 37.7 Å². The lowest BCUT2D eigenvalue weighted by atomic mass is 9.98. The van der Waals surface area contributed by atoms with Gasteiger partial charge in [0, 0.05) is 21.6 Å². The summed E-state index contributed by atoms with van der Waals surface area (Å²) in [5, 5.41) is 2.90. The molecule has 0 fully saturated rings. The van der Waals surface area contributed by atoms with Gasteiger partial charge < -0.3 is 5.32 Å². The van der Waals surface area contributed by atoms with E-state index < -0.39 is 23.5 Å². The first kappa shape index (κ1) is 15.1. The van der Waals surface area contributed by atoms with Crippen molar-refractivity contribution in [2.24, 2.45) is 0 Å². The van der Waals surface area contributed by atoms with Crippen LogP contribution in [0, 0.1) is 17.5 Å². The maximum absolute atomic E-state index is 13.9. The summed E-state index contributed by atoms with van der Waals surface area (Å²) >= 11 is 3.27. The van der Waals surface area contributed by atoms with Gasteiger partial charge in [-0.1, -0.05) is 28.1 Å². The molecular weight excluding hydrogens is 331 g/mol. The van der Waals surface area contributed by atoms with Gasteiger partial charge >= 0.3 is 0 Å². The third-order valence-electron chi connectivity index (χ3n) is 3.17. The SMILES string of the molecule is CNC(Cc1c(F)cccc1F)c1c(F)cccc1Br. The van der Waals surface area contributed by atoms with Crippen LogP contribution in [0.2, 0.25) is 0 Å². The average molecular weight is 344 g/mol. The Bertz CT molecular complexity index is 576. The first-order chi connectivity index (χ1) is 9.54. The molecule has 1 atom stereocenters. The predicted molar refractivity (Wildman–Crippen MR) is 76.0 cm³/mol. The fourth-order valence-electron chi connectivity index (χ4n) is 2.12. The molecule has 0 radical (unpaired) electrons. The smallest absolute Gasteiger partial charge is 0.129 e. The highest BCUT2D eigenvalue weighted by Gasteiger charge is 2.21. The van der Waals surface area contributed by atoms with Crippen molar-refractivity contribution < 1.29 is 13.2 Å². The van der Waals surface area contributed by atoms with Crippen LogP contribution in [0.1, 0.15) is 17.2 Å². The van der Waals surface area contributed by atoms with Crippen LogP contribution < -0.4 is 5.32 Å². The van der Waals surface area contributed by atoms with Crippen molar-refractivity contribution in [3.8, 4) is 0 Å². The molecule has 106 valence electrons. The molecule has 2 aromatic rings. The Kier molecular flexibility index (Phi) is 4.83. The Labute approximate surface area is 123 Å². The molecule has 0 aliphatic heterocycles. The first-order valence-corrected chi connectivity index (χ1v) is 6.88. The van der Waals surface area contributed by atoms with Crippen molar-refractivity contribution in [1.29, 1.82) is 0 Å². The zero-order chi connectivity index (χ0) is 14.7. The third kappa shape index (κ3) is 3.04.